The minimum atomic E-state index is -0.601. The fraction of sp³-hybridized carbons (Fsp3) is 0.667. The molecule has 0 aromatic heterocycles. The van der Waals surface area contributed by atoms with Crippen molar-refractivity contribution in [2.24, 2.45) is 0 Å². The Kier molecular flexibility index (Phi) is 4.89. The Bertz CT molecular complexity index is 147. The van der Waals surface area contributed by atoms with E-state index in [4.69, 9.17) is 0 Å². The number of hydrogen-bond acceptors (Lipinski definition) is 3. The lowest BCUT2D eigenvalue weighted by molar-refractivity contribution is -0.123. The molecule has 2 N–H and O–H groups in total. The van der Waals surface area contributed by atoms with Gasteiger partial charge in [0, 0.05) is 13.6 Å². The second-order valence-corrected chi connectivity index (χ2v) is 1.78. The van der Waals surface area contributed by atoms with Crippen LogP contribution >= 0.6 is 0 Å². The highest BCUT2D eigenvalue weighted by Gasteiger charge is 2.02. The van der Waals surface area contributed by atoms with E-state index in [1.807, 2.05) is 0 Å². The van der Waals surface area contributed by atoms with Gasteiger partial charge in [0.05, 0.1) is 0 Å². The molecule has 0 unspecified atom stereocenters. The van der Waals surface area contributed by atoms with Gasteiger partial charge in [-0.2, -0.15) is 0 Å². The summed E-state index contributed by atoms with van der Waals surface area (Å²) < 4.78 is 4.44. The average Bonchev–Trinajstić information content (AvgIpc) is 2.01. The van der Waals surface area contributed by atoms with Crippen LogP contribution in [-0.2, 0) is 9.53 Å². The Morgan fingerprint density at radius 3 is 2.55 bits per heavy atom. The number of ether oxygens (including phenoxy) is 1. The molecule has 0 radical (unpaired) electrons. The molecule has 0 saturated heterocycles. The first-order valence-corrected chi connectivity index (χ1v) is 3.32. The molecule has 0 heterocycles. The highest BCUT2D eigenvalue weighted by molar-refractivity contribution is 5.79. The average molecular weight is 160 g/mol. The summed E-state index contributed by atoms with van der Waals surface area (Å²) in [4.78, 5) is 21.1. The van der Waals surface area contributed by atoms with Gasteiger partial charge in [-0.1, -0.05) is 0 Å². The zero-order valence-corrected chi connectivity index (χ0v) is 6.64. The summed E-state index contributed by atoms with van der Waals surface area (Å²) in [7, 11) is 1.43. The summed E-state index contributed by atoms with van der Waals surface area (Å²) in [5.41, 5.74) is 0. The van der Waals surface area contributed by atoms with Crippen molar-refractivity contribution in [3.8, 4) is 0 Å². The fourth-order valence-electron chi connectivity index (χ4n) is 0.451. The van der Waals surface area contributed by atoms with Gasteiger partial charge in [0.2, 0.25) is 0 Å². The third-order valence-corrected chi connectivity index (χ3v) is 0.912. The van der Waals surface area contributed by atoms with Gasteiger partial charge in [-0.05, 0) is 6.92 Å². The van der Waals surface area contributed by atoms with Crippen molar-refractivity contribution in [2.45, 2.75) is 6.92 Å². The zero-order chi connectivity index (χ0) is 8.69. The lowest BCUT2D eigenvalue weighted by Crippen LogP contribution is -2.30. The van der Waals surface area contributed by atoms with Crippen LogP contribution in [0, 0.1) is 0 Å². The molecule has 0 atom stereocenters. The van der Waals surface area contributed by atoms with Crippen molar-refractivity contribution in [1.82, 2.24) is 10.6 Å². The molecule has 0 fully saturated rings. The van der Waals surface area contributed by atoms with Crippen LogP contribution in [0.5, 0.6) is 0 Å². The molecular formula is C6H12N2O3. The number of alkyl carbamates (subject to hydrolysis) is 1. The smallest absolute Gasteiger partial charge is 0.407 e. The zero-order valence-electron chi connectivity index (χ0n) is 6.64. The first-order chi connectivity index (χ1) is 5.20. The van der Waals surface area contributed by atoms with Crippen LogP contribution in [-0.4, -0.2) is 32.2 Å². The molecule has 5 heteroatoms. The maximum atomic E-state index is 10.6. The van der Waals surface area contributed by atoms with Crippen LogP contribution in [0.3, 0.4) is 0 Å². The third-order valence-electron chi connectivity index (χ3n) is 0.912. The van der Waals surface area contributed by atoms with Crippen molar-refractivity contribution in [3.63, 3.8) is 0 Å². The van der Waals surface area contributed by atoms with Gasteiger partial charge in [-0.25, -0.2) is 4.79 Å². The molecule has 11 heavy (non-hydrogen) atoms. The maximum absolute atomic E-state index is 10.6. The van der Waals surface area contributed by atoms with Crippen LogP contribution in [0.2, 0.25) is 0 Å². The molecule has 64 valence electrons. The van der Waals surface area contributed by atoms with E-state index in [1.54, 1.807) is 6.92 Å². The summed E-state index contributed by atoms with van der Waals surface area (Å²) >= 11 is 0. The summed E-state index contributed by atoms with van der Waals surface area (Å²) in [6.45, 7) is 2.10. The number of rotatable bonds is 3. The topological polar surface area (TPSA) is 67.4 Å². The van der Waals surface area contributed by atoms with Gasteiger partial charge in [-0.3, -0.25) is 4.79 Å². The lowest BCUT2D eigenvalue weighted by Gasteiger charge is -2.02. The number of hydrogen-bond donors (Lipinski definition) is 2. The molecule has 2 amide bonds. The first kappa shape index (κ1) is 9.74. The predicted molar refractivity (Wildman–Crippen MR) is 39.1 cm³/mol. The molecule has 0 rings (SSSR count). The Morgan fingerprint density at radius 2 is 2.09 bits per heavy atom. The van der Waals surface area contributed by atoms with Crippen molar-refractivity contribution in [2.75, 3.05) is 20.2 Å². The Labute approximate surface area is 65.1 Å². The monoisotopic (exact) mass is 160 g/mol. The number of carbonyl (C=O) groups excluding carboxylic acids is 2. The summed E-state index contributed by atoms with van der Waals surface area (Å²) in [6, 6.07) is 0. The quantitative estimate of drug-likeness (QED) is 0.583. The van der Waals surface area contributed by atoms with Crippen molar-refractivity contribution >= 4 is 12.0 Å². The maximum Gasteiger partial charge on any atom is 0.407 e. The largest absolute Gasteiger partial charge is 0.439 e. The van der Waals surface area contributed by atoms with Crippen LogP contribution in [0.4, 0.5) is 4.79 Å². The van der Waals surface area contributed by atoms with Crippen LogP contribution in [0.1, 0.15) is 6.92 Å². The Hall–Kier alpha value is -1.26. The van der Waals surface area contributed by atoms with Gasteiger partial charge in [0.1, 0.15) is 0 Å². The summed E-state index contributed by atoms with van der Waals surface area (Å²) in [6.07, 6.45) is -0.601. The Morgan fingerprint density at radius 1 is 1.45 bits per heavy atom. The summed E-state index contributed by atoms with van der Waals surface area (Å²) in [5, 5.41) is 4.70. The van der Waals surface area contributed by atoms with E-state index in [0.29, 0.717) is 6.54 Å². The standard InChI is InChI=1S/C6H12N2O3/c1-3-8-5(9)4-11-6(10)7-2/h3-4H2,1-2H3,(H,7,10)(H,8,9). The van der Waals surface area contributed by atoms with E-state index in [0.717, 1.165) is 0 Å². The minimum Gasteiger partial charge on any atom is -0.439 e. The summed E-state index contributed by atoms with van der Waals surface area (Å²) in [5.74, 6) is -0.295. The third kappa shape index (κ3) is 5.20. The van der Waals surface area contributed by atoms with Crippen molar-refractivity contribution in [1.29, 1.82) is 0 Å². The molecule has 0 aliphatic carbocycles. The van der Waals surface area contributed by atoms with E-state index in [9.17, 15) is 9.59 Å². The normalized spacial score (nSPS) is 8.55. The van der Waals surface area contributed by atoms with E-state index in [1.165, 1.54) is 7.05 Å². The second-order valence-electron chi connectivity index (χ2n) is 1.78. The van der Waals surface area contributed by atoms with Gasteiger partial charge in [-0.15, -0.1) is 0 Å². The van der Waals surface area contributed by atoms with Crippen molar-refractivity contribution < 1.29 is 14.3 Å². The molecule has 0 bridgehead atoms. The number of carbonyl (C=O) groups is 2. The molecule has 0 aromatic carbocycles. The fourth-order valence-corrected chi connectivity index (χ4v) is 0.451. The van der Waals surface area contributed by atoms with E-state index in [2.05, 4.69) is 15.4 Å². The SMILES string of the molecule is CCNC(=O)COC(=O)NC. The van der Waals surface area contributed by atoms with Gasteiger partial charge >= 0.3 is 6.09 Å². The molecule has 5 nitrogen and oxygen atoms in total. The molecule has 0 aliphatic heterocycles. The number of amides is 2. The van der Waals surface area contributed by atoms with Crippen molar-refractivity contribution in [3.05, 3.63) is 0 Å². The number of likely N-dealkylation sites (N-methyl/N-ethyl adjacent to an activating group) is 1. The van der Waals surface area contributed by atoms with E-state index >= 15 is 0 Å². The van der Waals surface area contributed by atoms with E-state index < -0.39 is 6.09 Å². The van der Waals surface area contributed by atoms with Crippen LogP contribution in [0.15, 0.2) is 0 Å². The van der Waals surface area contributed by atoms with E-state index in [-0.39, 0.29) is 12.5 Å². The van der Waals surface area contributed by atoms with Gasteiger partial charge in [0.25, 0.3) is 5.91 Å². The predicted octanol–water partition coefficient (Wildman–Crippen LogP) is -0.521. The highest BCUT2D eigenvalue weighted by atomic mass is 16.6. The highest BCUT2D eigenvalue weighted by Crippen LogP contribution is 1.75. The Balaban J connectivity index is 3.38. The number of nitrogens with one attached hydrogen (secondary N) is 2. The van der Waals surface area contributed by atoms with Crippen LogP contribution in [0.25, 0.3) is 0 Å². The lowest BCUT2D eigenvalue weighted by atomic mass is 10.6. The molecule has 0 aliphatic rings. The van der Waals surface area contributed by atoms with Gasteiger partial charge in [0.15, 0.2) is 6.61 Å². The molecular weight excluding hydrogens is 148 g/mol. The molecule has 0 saturated carbocycles. The minimum absolute atomic E-state index is 0.229. The molecule has 0 aromatic rings. The van der Waals surface area contributed by atoms with Crippen LogP contribution < -0.4 is 10.6 Å². The first-order valence-electron chi connectivity index (χ1n) is 3.32. The van der Waals surface area contributed by atoms with Gasteiger partial charge < -0.3 is 15.4 Å². The molecule has 0 spiro atoms. The second kappa shape index (κ2) is 5.52.